The van der Waals surface area contributed by atoms with Crippen LogP contribution in [0.5, 0.6) is 0 Å². The van der Waals surface area contributed by atoms with Gasteiger partial charge in [0.2, 0.25) is 0 Å². The van der Waals surface area contributed by atoms with E-state index in [0.29, 0.717) is 0 Å². The van der Waals surface area contributed by atoms with Crippen LogP contribution in [0.25, 0.3) is 0 Å². The van der Waals surface area contributed by atoms with E-state index >= 15 is 0 Å². The lowest BCUT2D eigenvalue weighted by Gasteiger charge is -2.13. The molecule has 0 atom stereocenters. The molecule has 8 heteroatoms. The third kappa shape index (κ3) is 5.04. The first-order chi connectivity index (χ1) is 8.69. The molecule has 0 aliphatic rings. The van der Waals surface area contributed by atoms with Crippen molar-refractivity contribution in [3.8, 4) is 0 Å². The largest absolute Gasteiger partial charge is 0.446 e. The Morgan fingerprint density at radius 2 is 2.00 bits per heavy atom. The van der Waals surface area contributed by atoms with Crippen molar-refractivity contribution in [3.05, 3.63) is 23.8 Å². The van der Waals surface area contributed by atoms with E-state index in [1.165, 1.54) is 6.07 Å². The second-order valence-corrected chi connectivity index (χ2v) is 5.67. The molecule has 0 aromatic heterocycles. The van der Waals surface area contributed by atoms with Crippen molar-refractivity contribution in [2.24, 2.45) is 0 Å². The predicted octanol–water partition coefficient (Wildman–Crippen LogP) is 1.37. The number of amides is 1. The van der Waals surface area contributed by atoms with E-state index in [9.17, 15) is 13.2 Å². The number of rotatable bonds is 4. The summed E-state index contributed by atoms with van der Waals surface area (Å²) in [5.41, 5.74) is 7.02. The number of nitrogen functional groups attached to an aromatic ring is 1. The Labute approximate surface area is 112 Å². The summed E-state index contributed by atoms with van der Waals surface area (Å²) in [6, 6.07) is 4.82. The molecule has 0 unspecified atom stereocenters. The van der Waals surface area contributed by atoms with Gasteiger partial charge in [0.05, 0.1) is 17.5 Å². The fraction of sp³-hybridized carbons (Fsp3) is 0.364. The number of aryl methyl sites for hydroxylation is 1. The second kappa shape index (κ2) is 5.79. The molecule has 0 spiro atoms. The van der Waals surface area contributed by atoms with Crippen LogP contribution in [0.1, 0.15) is 19.4 Å². The third-order valence-electron chi connectivity index (χ3n) is 2.01. The van der Waals surface area contributed by atoms with Gasteiger partial charge in [0.25, 0.3) is 0 Å². The van der Waals surface area contributed by atoms with Crippen LogP contribution in [0.4, 0.5) is 16.2 Å². The topological polar surface area (TPSA) is 111 Å². The normalized spacial score (nSPS) is 11.2. The summed E-state index contributed by atoms with van der Waals surface area (Å²) in [4.78, 5) is 11.2. The Kier molecular flexibility index (Phi) is 4.60. The standard InChI is InChI=1S/C11H17N3O4S/c1-7(2)18-11(15)14-19(16,17)13-10-5-4-8(3)6-9(10)12/h4-7,13H,12H2,1-3H3,(H,14,15). The first kappa shape index (κ1) is 15.1. The van der Waals surface area contributed by atoms with Gasteiger partial charge >= 0.3 is 16.3 Å². The van der Waals surface area contributed by atoms with Gasteiger partial charge in [-0.2, -0.15) is 8.42 Å². The number of benzene rings is 1. The van der Waals surface area contributed by atoms with Gasteiger partial charge in [0.15, 0.2) is 0 Å². The van der Waals surface area contributed by atoms with Crippen LogP contribution in [-0.4, -0.2) is 20.6 Å². The van der Waals surface area contributed by atoms with E-state index in [1.807, 2.05) is 6.92 Å². The second-order valence-electron chi connectivity index (χ2n) is 4.25. The van der Waals surface area contributed by atoms with Crippen molar-refractivity contribution in [1.82, 2.24) is 4.72 Å². The van der Waals surface area contributed by atoms with Crippen molar-refractivity contribution < 1.29 is 17.9 Å². The minimum atomic E-state index is -4.07. The lowest BCUT2D eigenvalue weighted by molar-refractivity contribution is 0.121. The summed E-state index contributed by atoms with van der Waals surface area (Å²) in [6.07, 6.45) is -1.46. The molecule has 1 amide bonds. The van der Waals surface area contributed by atoms with Crippen molar-refractivity contribution in [2.45, 2.75) is 26.9 Å². The summed E-state index contributed by atoms with van der Waals surface area (Å²) < 4.78 is 31.8. The predicted molar refractivity (Wildman–Crippen MR) is 72.9 cm³/mol. The van der Waals surface area contributed by atoms with Gasteiger partial charge in [-0.05, 0) is 38.5 Å². The number of anilines is 2. The average Bonchev–Trinajstić information content (AvgIpc) is 2.19. The molecule has 0 fully saturated rings. The number of nitrogens with two attached hydrogens (primary N) is 1. The van der Waals surface area contributed by atoms with E-state index < -0.39 is 22.4 Å². The van der Waals surface area contributed by atoms with Crippen molar-refractivity contribution in [2.75, 3.05) is 10.5 Å². The highest BCUT2D eigenvalue weighted by Gasteiger charge is 2.17. The summed E-state index contributed by atoms with van der Waals surface area (Å²) in [5.74, 6) is 0. The molecule has 0 saturated carbocycles. The van der Waals surface area contributed by atoms with Crippen LogP contribution in [0.15, 0.2) is 18.2 Å². The molecule has 1 rings (SSSR count). The molecule has 0 saturated heterocycles. The van der Waals surface area contributed by atoms with Gasteiger partial charge in [-0.1, -0.05) is 6.07 Å². The first-order valence-corrected chi connectivity index (χ1v) is 7.05. The fourth-order valence-electron chi connectivity index (χ4n) is 1.29. The molecule has 0 aliphatic heterocycles. The highest BCUT2D eigenvalue weighted by molar-refractivity contribution is 7.91. The summed E-state index contributed by atoms with van der Waals surface area (Å²) >= 11 is 0. The Balaban J connectivity index is 2.77. The van der Waals surface area contributed by atoms with Crippen LogP contribution in [-0.2, 0) is 14.9 Å². The highest BCUT2D eigenvalue weighted by Crippen LogP contribution is 2.20. The zero-order valence-corrected chi connectivity index (χ0v) is 11.7. The lowest BCUT2D eigenvalue weighted by atomic mass is 10.2. The number of nitrogens with one attached hydrogen (secondary N) is 2. The molecular weight excluding hydrogens is 270 g/mol. The van der Waals surface area contributed by atoms with E-state index in [0.717, 1.165) is 5.56 Å². The minimum Gasteiger partial charge on any atom is -0.446 e. The molecule has 0 aliphatic carbocycles. The van der Waals surface area contributed by atoms with Crippen LogP contribution >= 0.6 is 0 Å². The van der Waals surface area contributed by atoms with Gasteiger partial charge < -0.3 is 10.5 Å². The average molecular weight is 287 g/mol. The highest BCUT2D eigenvalue weighted by atomic mass is 32.2. The van der Waals surface area contributed by atoms with Crippen molar-refractivity contribution in [1.29, 1.82) is 0 Å². The van der Waals surface area contributed by atoms with E-state index in [-0.39, 0.29) is 11.4 Å². The molecule has 0 heterocycles. The molecule has 0 radical (unpaired) electrons. The monoisotopic (exact) mass is 287 g/mol. The maximum atomic E-state index is 11.7. The van der Waals surface area contributed by atoms with Gasteiger partial charge in [0, 0.05) is 0 Å². The van der Waals surface area contributed by atoms with Crippen molar-refractivity contribution in [3.63, 3.8) is 0 Å². The Morgan fingerprint density at radius 1 is 1.37 bits per heavy atom. The fourth-order valence-corrected chi connectivity index (χ4v) is 2.09. The Bertz CT molecular complexity index is 569. The molecule has 19 heavy (non-hydrogen) atoms. The maximum Gasteiger partial charge on any atom is 0.422 e. The minimum absolute atomic E-state index is 0.190. The number of hydrogen-bond donors (Lipinski definition) is 3. The van der Waals surface area contributed by atoms with Crippen LogP contribution in [0, 0.1) is 6.92 Å². The van der Waals surface area contributed by atoms with Gasteiger partial charge in [-0.25, -0.2) is 9.52 Å². The van der Waals surface area contributed by atoms with E-state index in [1.54, 1.807) is 30.7 Å². The smallest absolute Gasteiger partial charge is 0.422 e. The molecule has 106 valence electrons. The van der Waals surface area contributed by atoms with Gasteiger partial charge in [-0.3, -0.25) is 4.72 Å². The number of carbonyl (C=O) groups is 1. The molecule has 0 bridgehead atoms. The third-order valence-corrected chi connectivity index (χ3v) is 2.94. The lowest BCUT2D eigenvalue weighted by Crippen LogP contribution is -2.36. The number of ether oxygens (including phenoxy) is 1. The van der Waals surface area contributed by atoms with E-state index in [4.69, 9.17) is 5.73 Å². The summed E-state index contributed by atoms with van der Waals surface area (Å²) in [6.45, 7) is 5.04. The van der Waals surface area contributed by atoms with Crippen LogP contribution in [0.3, 0.4) is 0 Å². The van der Waals surface area contributed by atoms with Gasteiger partial charge in [-0.15, -0.1) is 0 Å². The van der Waals surface area contributed by atoms with Crippen LogP contribution in [0.2, 0.25) is 0 Å². The SMILES string of the molecule is Cc1ccc(NS(=O)(=O)NC(=O)OC(C)C)c(N)c1. The van der Waals surface area contributed by atoms with Gasteiger partial charge in [0.1, 0.15) is 0 Å². The number of carbonyl (C=O) groups excluding carboxylic acids is 1. The molecular formula is C11H17N3O4S. The first-order valence-electron chi connectivity index (χ1n) is 5.57. The van der Waals surface area contributed by atoms with E-state index in [2.05, 4.69) is 9.46 Å². The van der Waals surface area contributed by atoms with Crippen LogP contribution < -0.4 is 15.2 Å². The molecule has 7 nitrogen and oxygen atoms in total. The molecule has 4 N–H and O–H groups in total. The number of hydrogen-bond acceptors (Lipinski definition) is 5. The Morgan fingerprint density at radius 3 is 2.53 bits per heavy atom. The molecule has 1 aromatic rings. The zero-order chi connectivity index (χ0) is 14.6. The molecule has 1 aromatic carbocycles. The summed E-state index contributed by atoms with van der Waals surface area (Å²) in [5, 5.41) is 0. The Hall–Kier alpha value is -1.96. The summed E-state index contributed by atoms with van der Waals surface area (Å²) in [7, 11) is -4.07. The zero-order valence-electron chi connectivity index (χ0n) is 10.9. The maximum absolute atomic E-state index is 11.7. The van der Waals surface area contributed by atoms with Crippen molar-refractivity contribution >= 4 is 27.7 Å². The quantitative estimate of drug-likeness (QED) is 0.724.